The molecule has 0 atom stereocenters. The Labute approximate surface area is 169 Å². The normalized spacial score (nSPS) is 19.6. The number of fused-ring (bicyclic) bond motifs is 1. The highest BCUT2D eigenvalue weighted by Gasteiger charge is 2.21. The van der Waals surface area contributed by atoms with Gasteiger partial charge < -0.3 is 16.2 Å². The molecule has 0 bridgehead atoms. The minimum atomic E-state index is -0.500. The molecule has 2 aromatic heterocycles. The maximum absolute atomic E-state index is 11.9. The van der Waals surface area contributed by atoms with Crippen molar-refractivity contribution in [3.8, 4) is 11.1 Å². The number of nitrogens with two attached hydrogens (primary N) is 1. The van der Waals surface area contributed by atoms with Gasteiger partial charge in [0.2, 0.25) is 0 Å². The third kappa shape index (κ3) is 3.96. The summed E-state index contributed by atoms with van der Waals surface area (Å²) in [7, 11) is 0. The van der Waals surface area contributed by atoms with Crippen molar-refractivity contribution in [1.29, 1.82) is 0 Å². The van der Waals surface area contributed by atoms with E-state index in [-0.39, 0.29) is 12.1 Å². The molecular weight excluding hydrogens is 366 g/mol. The van der Waals surface area contributed by atoms with Gasteiger partial charge in [-0.1, -0.05) is 6.07 Å². The molecule has 2 heterocycles. The molecule has 0 saturated heterocycles. The van der Waals surface area contributed by atoms with Crippen LogP contribution in [-0.2, 0) is 0 Å². The van der Waals surface area contributed by atoms with E-state index < -0.39 is 5.91 Å². The molecular formula is C22H27N5O2. The Bertz CT molecular complexity index is 1030. The Kier molecular flexibility index (Phi) is 5.24. The summed E-state index contributed by atoms with van der Waals surface area (Å²) >= 11 is 0. The lowest BCUT2D eigenvalue weighted by Gasteiger charge is -2.25. The zero-order valence-corrected chi connectivity index (χ0v) is 16.8. The molecule has 152 valence electrons. The lowest BCUT2D eigenvalue weighted by atomic mass is 9.93. The first-order valence-electron chi connectivity index (χ1n) is 10.1. The maximum Gasteiger partial charge on any atom is 0.252 e. The second-order valence-corrected chi connectivity index (χ2v) is 8.11. The van der Waals surface area contributed by atoms with Crippen LogP contribution in [0.4, 0.5) is 5.69 Å². The minimum absolute atomic E-state index is 0.145. The number of benzene rings is 1. The van der Waals surface area contributed by atoms with Crippen LogP contribution >= 0.6 is 0 Å². The summed E-state index contributed by atoms with van der Waals surface area (Å²) in [5, 5.41) is 18.5. The average Bonchev–Trinajstić information content (AvgIpc) is 3.18. The van der Waals surface area contributed by atoms with E-state index in [2.05, 4.69) is 21.6 Å². The number of hydrogen-bond donors (Lipinski definition) is 3. The Hall–Kier alpha value is -2.93. The van der Waals surface area contributed by atoms with E-state index in [0.29, 0.717) is 17.3 Å². The lowest BCUT2D eigenvalue weighted by Crippen LogP contribution is -2.21. The number of aliphatic hydroxyl groups excluding tert-OH is 1. The van der Waals surface area contributed by atoms with E-state index in [1.165, 1.54) is 6.20 Å². The van der Waals surface area contributed by atoms with Crippen LogP contribution in [0.1, 0.15) is 55.9 Å². The Morgan fingerprint density at radius 1 is 1.21 bits per heavy atom. The molecule has 0 spiro atoms. The summed E-state index contributed by atoms with van der Waals surface area (Å²) in [5.74, 6) is -0.500. The van der Waals surface area contributed by atoms with Crippen molar-refractivity contribution in [2.24, 2.45) is 5.73 Å². The molecule has 1 saturated carbocycles. The van der Waals surface area contributed by atoms with Gasteiger partial charge in [0.15, 0.2) is 0 Å². The number of carbonyl (C=O) groups excluding carboxylic acids is 1. The Morgan fingerprint density at radius 2 is 1.97 bits per heavy atom. The maximum atomic E-state index is 11.9. The number of nitrogens with zero attached hydrogens (tertiary/aromatic N) is 3. The molecule has 0 aliphatic heterocycles. The largest absolute Gasteiger partial charge is 0.393 e. The zero-order chi connectivity index (χ0) is 20.5. The molecule has 4 rings (SSSR count). The number of rotatable bonds is 5. The molecule has 1 amide bonds. The minimum Gasteiger partial charge on any atom is -0.393 e. The van der Waals surface area contributed by atoms with Crippen LogP contribution in [-0.4, -0.2) is 37.9 Å². The number of hydrogen-bond acceptors (Lipinski definition) is 5. The molecule has 4 N–H and O–H groups in total. The number of aromatic nitrogens is 3. The fraction of sp³-hybridized carbons (Fsp3) is 0.409. The van der Waals surface area contributed by atoms with E-state index in [1.54, 1.807) is 0 Å². The van der Waals surface area contributed by atoms with Gasteiger partial charge in [-0.05, 0) is 57.2 Å². The van der Waals surface area contributed by atoms with Crippen LogP contribution in [0.2, 0.25) is 0 Å². The van der Waals surface area contributed by atoms with Gasteiger partial charge in [-0.2, -0.15) is 5.10 Å². The number of amides is 1. The van der Waals surface area contributed by atoms with Crippen LogP contribution in [0.5, 0.6) is 0 Å². The topological polar surface area (TPSA) is 106 Å². The number of carbonyl (C=O) groups is 1. The van der Waals surface area contributed by atoms with Crippen molar-refractivity contribution in [2.45, 2.75) is 57.7 Å². The van der Waals surface area contributed by atoms with E-state index in [4.69, 9.17) is 5.73 Å². The second-order valence-electron chi connectivity index (χ2n) is 8.11. The van der Waals surface area contributed by atoms with Crippen LogP contribution in [0.25, 0.3) is 22.0 Å². The van der Waals surface area contributed by atoms with Crippen molar-refractivity contribution in [1.82, 2.24) is 14.8 Å². The summed E-state index contributed by atoms with van der Waals surface area (Å²) < 4.78 is 2.01. The molecule has 1 fully saturated rings. The van der Waals surface area contributed by atoms with Crippen molar-refractivity contribution in [3.05, 3.63) is 42.4 Å². The van der Waals surface area contributed by atoms with Crippen LogP contribution in [0.15, 0.2) is 36.8 Å². The first-order chi connectivity index (χ1) is 13.9. The van der Waals surface area contributed by atoms with Crippen LogP contribution < -0.4 is 11.1 Å². The van der Waals surface area contributed by atoms with Gasteiger partial charge in [0, 0.05) is 29.4 Å². The van der Waals surface area contributed by atoms with E-state index >= 15 is 0 Å². The lowest BCUT2D eigenvalue weighted by molar-refractivity contribution is 0.100. The molecule has 1 aliphatic carbocycles. The van der Waals surface area contributed by atoms with E-state index in [9.17, 15) is 9.90 Å². The molecule has 1 aliphatic rings. The first-order valence-corrected chi connectivity index (χ1v) is 10.1. The van der Waals surface area contributed by atoms with Crippen molar-refractivity contribution >= 4 is 22.5 Å². The molecule has 0 unspecified atom stereocenters. The second kappa shape index (κ2) is 7.83. The van der Waals surface area contributed by atoms with Crippen molar-refractivity contribution in [3.63, 3.8) is 0 Å². The fourth-order valence-corrected chi connectivity index (χ4v) is 4.01. The number of primary amides is 1. The predicted octanol–water partition coefficient (Wildman–Crippen LogP) is 3.49. The summed E-state index contributed by atoms with van der Waals surface area (Å²) in [6, 6.07) is 6.48. The van der Waals surface area contributed by atoms with E-state index in [1.807, 2.05) is 42.9 Å². The molecule has 1 aromatic carbocycles. The molecule has 0 radical (unpaired) electrons. The molecule has 7 heteroatoms. The molecule has 29 heavy (non-hydrogen) atoms. The van der Waals surface area contributed by atoms with Crippen molar-refractivity contribution < 1.29 is 9.90 Å². The molecule has 7 nitrogen and oxygen atoms in total. The summed E-state index contributed by atoms with van der Waals surface area (Å²) in [5.41, 5.74) is 9.50. The Balaban J connectivity index is 1.72. The van der Waals surface area contributed by atoms with Crippen LogP contribution in [0.3, 0.4) is 0 Å². The highest BCUT2D eigenvalue weighted by molar-refractivity contribution is 6.07. The molecule has 3 aromatic rings. The zero-order valence-electron chi connectivity index (χ0n) is 16.8. The quantitative estimate of drug-likeness (QED) is 0.615. The third-order valence-corrected chi connectivity index (χ3v) is 5.54. The van der Waals surface area contributed by atoms with Gasteiger partial charge in [-0.15, -0.1) is 0 Å². The predicted molar refractivity (Wildman–Crippen MR) is 114 cm³/mol. The standard InChI is InChI=1S/C22H27N5O2/c1-13(2)26-21-18-9-14(3-8-20(18)24-11-19(21)22(23)29)15-10-25-27(12-15)16-4-6-17(28)7-5-16/h3,8-13,16-17,28H,4-7H2,1-2H3,(H2,23,29)(H,24,26). The van der Waals surface area contributed by atoms with Gasteiger partial charge in [-0.3, -0.25) is 14.5 Å². The van der Waals surface area contributed by atoms with Gasteiger partial charge in [0.25, 0.3) is 5.91 Å². The fourth-order valence-electron chi connectivity index (χ4n) is 4.01. The SMILES string of the molecule is CC(C)Nc1c(C(N)=O)cnc2ccc(-c3cnn(C4CCC(O)CC4)c3)cc12. The summed E-state index contributed by atoms with van der Waals surface area (Å²) in [4.78, 5) is 16.3. The summed E-state index contributed by atoms with van der Waals surface area (Å²) in [6.07, 6.45) is 8.80. The number of pyridine rings is 1. The first kappa shape index (κ1) is 19.4. The Morgan fingerprint density at radius 3 is 2.66 bits per heavy atom. The van der Waals surface area contributed by atoms with Crippen molar-refractivity contribution in [2.75, 3.05) is 5.32 Å². The van der Waals surface area contributed by atoms with Gasteiger partial charge in [0.05, 0.1) is 35.1 Å². The highest BCUT2D eigenvalue weighted by Crippen LogP contribution is 2.33. The van der Waals surface area contributed by atoms with Crippen LogP contribution in [0, 0.1) is 0 Å². The van der Waals surface area contributed by atoms with Gasteiger partial charge in [0.1, 0.15) is 0 Å². The van der Waals surface area contributed by atoms with Gasteiger partial charge >= 0.3 is 0 Å². The number of anilines is 1. The average molecular weight is 393 g/mol. The highest BCUT2D eigenvalue weighted by atomic mass is 16.3. The van der Waals surface area contributed by atoms with E-state index in [0.717, 1.165) is 47.7 Å². The third-order valence-electron chi connectivity index (χ3n) is 5.54. The summed E-state index contributed by atoms with van der Waals surface area (Å²) in [6.45, 7) is 4.04. The van der Waals surface area contributed by atoms with Gasteiger partial charge in [-0.25, -0.2) is 0 Å². The smallest absolute Gasteiger partial charge is 0.252 e. The monoisotopic (exact) mass is 393 g/mol. The number of nitrogens with one attached hydrogen (secondary N) is 1. The number of aliphatic hydroxyl groups is 1.